The number of anilines is 1. The van der Waals surface area contributed by atoms with Crippen LogP contribution in [0.15, 0.2) is 34.2 Å². The van der Waals surface area contributed by atoms with Crippen molar-refractivity contribution in [3.8, 4) is 0 Å². The van der Waals surface area contributed by atoms with Crippen LogP contribution in [-0.4, -0.2) is 39.5 Å². The summed E-state index contributed by atoms with van der Waals surface area (Å²) in [5.41, 5.74) is 0.698. The lowest BCUT2D eigenvalue weighted by atomic mass is 10.2. The van der Waals surface area contributed by atoms with Gasteiger partial charge in [-0.25, -0.2) is 14.7 Å². The van der Waals surface area contributed by atoms with Gasteiger partial charge in [0.1, 0.15) is 0 Å². The first kappa shape index (κ1) is 17.8. The first-order valence-electron chi connectivity index (χ1n) is 7.31. The number of nitrogens with one attached hydrogen (secondary N) is 2. The fraction of sp³-hybridized carbons (Fsp3) is 0.333. The van der Waals surface area contributed by atoms with E-state index in [1.54, 1.807) is 24.3 Å². The van der Waals surface area contributed by atoms with Gasteiger partial charge in [0, 0.05) is 12.2 Å². The van der Waals surface area contributed by atoms with Crippen molar-refractivity contribution in [1.82, 2.24) is 14.8 Å². The van der Waals surface area contributed by atoms with Gasteiger partial charge in [-0.05, 0) is 30.7 Å². The number of methoxy groups -OCH3 is 1. The SMILES string of the molecule is CCCn1c(SCC(=O)Nc2ccc(C(=O)OC)cc2)n[nH]c1=O. The molecule has 2 rings (SSSR count). The minimum absolute atomic E-state index is 0.118. The van der Waals surface area contributed by atoms with E-state index in [1.165, 1.54) is 23.4 Å². The smallest absolute Gasteiger partial charge is 0.343 e. The number of aromatic amines is 1. The van der Waals surface area contributed by atoms with Gasteiger partial charge in [-0.15, -0.1) is 5.10 Å². The summed E-state index contributed by atoms with van der Waals surface area (Å²) in [6.45, 7) is 2.51. The van der Waals surface area contributed by atoms with Crippen molar-refractivity contribution in [2.24, 2.45) is 0 Å². The van der Waals surface area contributed by atoms with E-state index in [0.29, 0.717) is 23.0 Å². The second-order valence-corrected chi connectivity index (χ2v) is 5.81. The summed E-state index contributed by atoms with van der Waals surface area (Å²) >= 11 is 1.18. The Balaban J connectivity index is 1.92. The van der Waals surface area contributed by atoms with Gasteiger partial charge in [0.05, 0.1) is 18.4 Å². The number of esters is 1. The molecule has 2 aromatic rings. The fourth-order valence-corrected chi connectivity index (χ4v) is 2.74. The van der Waals surface area contributed by atoms with Gasteiger partial charge in [0.15, 0.2) is 5.16 Å². The van der Waals surface area contributed by atoms with Crippen molar-refractivity contribution in [2.45, 2.75) is 25.0 Å². The topological polar surface area (TPSA) is 106 Å². The van der Waals surface area contributed by atoms with Crippen LogP contribution in [0.1, 0.15) is 23.7 Å². The summed E-state index contributed by atoms with van der Waals surface area (Å²) in [5, 5.41) is 9.49. The molecule has 9 heteroatoms. The lowest BCUT2D eigenvalue weighted by Crippen LogP contribution is -2.18. The van der Waals surface area contributed by atoms with E-state index in [-0.39, 0.29) is 17.3 Å². The minimum atomic E-state index is -0.434. The lowest BCUT2D eigenvalue weighted by Gasteiger charge is -2.06. The van der Waals surface area contributed by atoms with Gasteiger partial charge < -0.3 is 10.1 Å². The van der Waals surface area contributed by atoms with E-state index in [2.05, 4.69) is 20.3 Å². The predicted octanol–water partition coefficient (Wildman–Crippen LogP) is 1.50. The molecule has 8 nitrogen and oxygen atoms in total. The molecule has 2 N–H and O–H groups in total. The zero-order valence-corrected chi connectivity index (χ0v) is 14.2. The third-order valence-corrected chi connectivity index (χ3v) is 4.07. The summed E-state index contributed by atoms with van der Waals surface area (Å²) in [6, 6.07) is 6.38. The molecular formula is C15H18N4O4S. The highest BCUT2D eigenvalue weighted by Crippen LogP contribution is 2.15. The van der Waals surface area contributed by atoms with Crippen LogP contribution < -0.4 is 11.0 Å². The standard InChI is InChI=1S/C15H18N4O4S/c1-3-8-19-14(22)17-18-15(19)24-9-12(20)16-11-6-4-10(5-7-11)13(21)23-2/h4-7H,3,8-9H2,1-2H3,(H,16,20)(H,17,22). The van der Waals surface area contributed by atoms with Crippen LogP contribution in [0.3, 0.4) is 0 Å². The molecule has 0 saturated heterocycles. The van der Waals surface area contributed by atoms with Crippen LogP contribution in [0.25, 0.3) is 0 Å². The summed E-state index contributed by atoms with van der Waals surface area (Å²) in [7, 11) is 1.31. The molecule has 0 bridgehead atoms. The van der Waals surface area contributed by atoms with Crippen molar-refractivity contribution in [3.05, 3.63) is 40.3 Å². The Morgan fingerprint density at radius 1 is 1.33 bits per heavy atom. The van der Waals surface area contributed by atoms with Gasteiger partial charge in [-0.2, -0.15) is 0 Å². The molecule has 0 saturated carbocycles. The van der Waals surface area contributed by atoms with E-state index in [9.17, 15) is 14.4 Å². The molecule has 0 radical (unpaired) electrons. The molecule has 128 valence electrons. The number of H-pyrrole nitrogens is 1. The maximum Gasteiger partial charge on any atom is 0.343 e. The number of ether oxygens (including phenoxy) is 1. The highest BCUT2D eigenvalue weighted by atomic mass is 32.2. The van der Waals surface area contributed by atoms with E-state index in [1.807, 2.05) is 6.92 Å². The Morgan fingerprint density at radius 2 is 2.04 bits per heavy atom. The largest absolute Gasteiger partial charge is 0.465 e. The van der Waals surface area contributed by atoms with Gasteiger partial charge in [0.2, 0.25) is 5.91 Å². The maximum absolute atomic E-state index is 12.0. The summed E-state index contributed by atoms with van der Waals surface area (Å²) in [6.07, 6.45) is 0.797. The number of hydrogen-bond donors (Lipinski definition) is 2. The molecule has 1 aromatic carbocycles. The summed E-state index contributed by atoms with van der Waals surface area (Å²) < 4.78 is 6.11. The molecule has 1 aromatic heterocycles. The number of hydrogen-bond acceptors (Lipinski definition) is 6. The normalized spacial score (nSPS) is 10.4. The molecule has 0 aliphatic heterocycles. The Hall–Kier alpha value is -2.55. The highest BCUT2D eigenvalue weighted by Gasteiger charge is 2.11. The number of amides is 1. The molecule has 0 fully saturated rings. The fourth-order valence-electron chi connectivity index (χ4n) is 1.97. The van der Waals surface area contributed by atoms with Gasteiger partial charge in [-0.1, -0.05) is 18.7 Å². The average molecular weight is 350 g/mol. The lowest BCUT2D eigenvalue weighted by molar-refractivity contribution is -0.113. The third kappa shape index (κ3) is 4.48. The molecular weight excluding hydrogens is 332 g/mol. The average Bonchev–Trinajstić information content (AvgIpc) is 2.93. The van der Waals surface area contributed by atoms with E-state index >= 15 is 0 Å². The van der Waals surface area contributed by atoms with Crippen molar-refractivity contribution in [1.29, 1.82) is 0 Å². The molecule has 0 spiro atoms. The number of benzene rings is 1. The molecule has 1 heterocycles. The molecule has 1 amide bonds. The predicted molar refractivity (Wildman–Crippen MR) is 90.3 cm³/mol. The number of thioether (sulfide) groups is 1. The Kier molecular flexibility index (Phi) is 6.19. The molecule has 0 aliphatic carbocycles. The van der Waals surface area contributed by atoms with Crippen molar-refractivity contribution >= 4 is 29.3 Å². The maximum atomic E-state index is 12.0. The van der Waals surface area contributed by atoms with Crippen LogP contribution in [0.4, 0.5) is 5.69 Å². The van der Waals surface area contributed by atoms with Crippen LogP contribution >= 0.6 is 11.8 Å². The van der Waals surface area contributed by atoms with Gasteiger partial charge >= 0.3 is 11.7 Å². The Morgan fingerprint density at radius 3 is 2.67 bits per heavy atom. The quantitative estimate of drug-likeness (QED) is 0.579. The zero-order chi connectivity index (χ0) is 17.5. The highest BCUT2D eigenvalue weighted by molar-refractivity contribution is 7.99. The third-order valence-electron chi connectivity index (χ3n) is 3.09. The van der Waals surface area contributed by atoms with E-state index < -0.39 is 5.97 Å². The molecule has 24 heavy (non-hydrogen) atoms. The monoisotopic (exact) mass is 350 g/mol. The van der Waals surface area contributed by atoms with Crippen LogP contribution in [0.5, 0.6) is 0 Å². The van der Waals surface area contributed by atoms with Crippen LogP contribution in [-0.2, 0) is 16.1 Å². The van der Waals surface area contributed by atoms with E-state index in [0.717, 1.165) is 6.42 Å². The minimum Gasteiger partial charge on any atom is -0.465 e. The van der Waals surface area contributed by atoms with Gasteiger partial charge in [0.25, 0.3) is 0 Å². The molecule has 0 aliphatic rings. The van der Waals surface area contributed by atoms with Crippen molar-refractivity contribution in [2.75, 3.05) is 18.2 Å². The Bertz CT molecular complexity index is 767. The van der Waals surface area contributed by atoms with Crippen molar-refractivity contribution in [3.63, 3.8) is 0 Å². The second-order valence-electron chi connectivity index (χ2n) is 4.87. The number of nitrogens with zero attached hydrogens (tertiary/aromatic N) is 2. The van der Waals surface area contributed by atoms with E-state index in [4.69, 9.17) is 0 Å². The van der Waals surface area contributed by atoms with Gasteiger partial charge in [-0.3, -0.25) is 9.36 Å². The number of aromatic nitrogens is 3. The molecule has 0 unspecified atom stereocenters. The number of carbonyl (C=O) groups is 2. The number of rotatable bonds is 7. The van der Waals surface area contributed by atoms with Crippen molar-refractivity contribution < 1.29 is 14.3 Å². The number of carbonyl (C=O) groups excluding carboxylic acids is 2. The Labute approximate surface area is 142 Å². The van der Waals surface area contributed by atoms with Crippen LogP contribution in [0.2, 0.25) is 0 Å². The summed E-state index contributed by atoms with van der Waals surface area (Å²) in [5.74, 6) is -0.549. The van der Waals surface area contributed by atoms with Crippen LogP contribution in [0, 0.1) is 0 Å². The summed E-state index contributed by atoms with van der Waals surface area (Å²) in [4.78, 5) is 34.9. The zero-order valence-electron chi connectivity index (χ0n) is 13.4. The second kappa shape index (κ2) is 8.34. The first-order valence-corrected chi connectivity index (χ1v) is 8.30. The molecule has 0 atom stereocenters. The first-order chi connectivity index (χ1) is 11.5.